The van der Waals surface area contributed by atoms with E-state index in [4.69, 9.17) is 9.72 Å². The van der Waals surface area contributed by atoms with Crippen molar-refractivity contribution in [2.24, 2.45) is 5.92 Å². The lowest BCUT2D eigenvalue weighted by Crippen LogP contribution is -2.29. The largest absolute Gasteiger partial charge is 0.373 e. The van der Waals surface area contributed by atoms with Crippen molar-refractivity contribution in [1.82, 2.24) is 9.97 Å². The summed E-state index contributed by atoms with van der Waals surface area (Å²) in [5.74, 6) is 1.15. The van der Waals surface area contributed by atoms with Crippen molar-refractivity contribution in [3.05, 3.63) is 25.4 Å². The maximum absolute atomic E-state index is 12.3. The molecule has 0 radical (unpaired) electrons. The lowest BCUT2D eigenvalue weighted by molar-refractivity contribution is 0.0284. The monoisotopic (exact) mass is 404 g/mol. The third-order valence-corrected chi connectivity index (χ3v) is 5.19. The minimum absolute atomic E-state index is 0.0524. The first-order valence-electron chi connectivity index (χ1n) is 7.67. The summed E-state index contributed by atoms with van der Waals surface area (Å²) in [6, 6.07) is 0. The van der Waals surface area contributed by atoms with Gasteiger partial charge in [0.15, 0.2) is 0 Å². The van der Waals surface area contributed by atoms with E-state index < -0.39 is 0 Å². The average Bonchev–Trinajstić information content (AvgIpc) is 2.43. The van der Waals surface area contributed by atoms with Gasteiger partial charge in [0.2, 0.25) is 0 Å². The number of aromatic amines is 1. The van der Waals surface area contributed by atoms with Gasteiger partial charge in [0, 0.05) is 12.5 Å². The van der Waals surface area contributed by atoms with Gasteiger partial charge < -0.3 is 9.72 Å². The average molecular weight is 404 g/mol. The minimum Gasteiger partial charge on any atom is -0.373 e. The highest BCUT2D eigenvalue weighted by molar-refractivity contribution is 14.1. The van der Waals surface area contributed by atoms with Crippen molar-refractivity contribution >= 4 is 22.6 Å². The Kier molecular flexibility index (Phi) is 5.46. The summed E-state index contributed by atoms with van der Waals surface area (Å²) in [7, 11) is 1.72. The molecule has 5 heteroatoms. The number of hydrogen-bond acceptors (Lipinski definition) is 3. The second-order valence-corrected chi connectivity index (χ2v) is 8.00. The van der Waals surface area contributed by atoms with Gasteiger partial charge in [-0.2, -0.15) is 0 Å². The number of halogens is 1. The molecule has 0 aliphatic heterocycles. The summed E-state index contributed by atoms with van der Waals surface area (Å²) in [5.41, 5.74) is 0.660. The molecule has 2 rings (SSSR count). The van der Waals surface area contributed by atoms with Gasteiger partial charge in [-0.05, 0) is 41.4 Å². The highest BCUT2D eigenvalue weighted by Gasteiger charge is 2.29. The van der Waals surface area contributed by atoms with Crippen LogP contribution < -0.4 is 5.56 Å². The van der Waals surface area contributed by atoms with E-state index in [9.17, 15) is 4.79 Å². The second kappa shape index (κ2) is 6.77. The number of methoxy groups -OCH3 is 1. The normalized spacial score (nSPS) is 18.7. The molecule has 1 aliphatic carbocycles. The first kappa shape index (κ1) is 16.9. The van der Waals surface area contributed by atoms with Crippen molar-refractivity contribution in [2.75, 3.05) is 7.11 Å². The molecule has 118 valence electrons. The number of H-pyrrole nitrogens is 1. The van der Waals surface area contributed by atoms with Gasteiger partial charge in [0.1, 0.15) is 15.5 Å². The summed E-state index contributed by atoms with van der Waals surface area (Å²) < 4.78 is 6.39. The molecule has 1 aliphatic rings. The molecule has 0 bridgehead atoms. The van der Waals surface area contributed by atoms with E-state index in [0.29, 0.717) is 15.3 Å². The molecule has 0 spiro atoms. The SMILES string of the molecule is COC(c1nc(C(C)(C)C)c(I)c(=O)[nH]1)C1CCCCC1. The molecule has 1 N–H and O–H groups in total. The molecule has 1 atom stereocenters. The number of ether oxygens (including phenoxy) is 1. The van der Waals surface area contributed by atoms with Crippen LogP contribution in [0, 0.1) is 9.49 Å². The Morgan fingerprint density at radius 3 is 2.43 bits per heavy atom. The van der Waals surface area contributed by atoms with E-state index in [2.05, 4.69) is 48.3 Å². The van der Waals surface area contributed by atoms with Crippen LogP contribution in [0.1, 0.15) is 70.5 Å². The number of rotatable bonds is 3. The lowest BCUT2D eigenvalue weighted by atomic mass is 9.84. The summed E-state index contributed by atoms with van der Waals surface area (Å²) in [5, 5.41) is 0. The fourth-order valence-corrected chi connectivity index (χ4v) is 4.14. The van der Waals surface area contributed by atoms with Gasteiger partial charge in [-0.1, -0.05) is 40.0 Å². The van der Waals surface area contributed by atoms with E-state index in [1.54, 1.807) is 7.11 Å². The molecule has 1 heterocycles. The fraction of sp³-hybridized carbons (Fsp3) is 0.750. The summed E-state index contributed by atoms with van der Waals surface area (Å²) in [4.78, 5) is 20.0. The van der Waals surface area contributed by atoms with Gasteiger partial charge in [0.25, 0.3) is 5.56 Å². The van der Waals surface area contributed by atoms with Crippen molar-refractivity contribution in [3.8, 4) is 0 Å². The summed E-state index contributed by atoms with van der Waals surface area (Å²) in [6.45, 7) is 6.26. The van der Waals surface area contributed by atoms with E-state index in [-0.39, 0.29) is 17.1 Å². The highest BCUT2D eigenvalue weighted by atomic mass is 127. The van der Waals surface area contributed by atoms with Crippen LogP contribution in [0.4, 0.5) is 0 Å². The zero-order valence-electron chi connectivity index (χ0n) is 13.3. The number of nitrogens with one attached hydrogen (secondary N) is 1. The third-order valence-electron chi connectivity index (χ3n) is 4.19. The molecule has 4 nitrogen and oxygen atoms in total. The molecule has 0 amide bonds. The van der Waals surface area contributed by atoms with Gasteiger partial charge >= 0.3 is 0 Å². The standard InChI is InChI=1S/C16H25IN2O2/c1-16(2,3)13-11(17)15(20)19-14(18-13)12(21-4)10-8-6-5-7-9-10/h10,12H,5-9H2,1-4H3,(H,18,19,20). The Hall–Kier alpha value is -0.430. The van der Waals surface area contributed by atoms with Crippen molar-refractivity contribution in [2.45, 2.75) is 64.4 Å². The zero-order valence-corrected chi connectivity index (χ0v) is 15.5. The molecule has 21 heavy (non-hydrogen) atoms. The number of aromatic nitrogens is 2. The highest BCUT2D eigenvalue weighted by Crippen LogP contribution is 2.35. The van der Waals surface area contributed by atoms with E-state index in [1.807, 2.05) is 0 Å². The van der Waals surface area contributed by atoms with Crippen LogP contribution in [0.5, 0.6) is 0 Å². The van der Waals surface area contributed by atoms with E-state index in [0.717, 1.165) is 18.5 Å². The van der Waals surface area contributed by atoms with Crippen LogP contribution in [0.2, 0.25) is 0 Å². The minimum atomic E-state index is -0.148. The Morgan fingerprint density at radius 1 is 1.29 bits per heavy atom. The smallest absolute Gasteiger partial charge is 0.264 e. The predicted molar refractivity (Wildman–Crippen MR) is 92.6 cm³/mol. The van der Waals surface area contributed by atoms with Crippen LogP contribution in [0.25, 0.3) is 0 Å². The molecule has 1 unspecified atom stereocenters. The fourth-order valence-electron chi connectivity index (χ4n) is 3.07. The molecule has 1 fully saturated rings. The Labute approximate surface area is 140 Å². The first-order valence-corrected chi connectivity index (χ1v) is 8.75. The van der Waals surface area contributed by atoms with Crippen LogP contribution in [0.3, 0.4) is 0 Å². The number of hydrogen-bond donors (Lipinski definition) is 1. The van der Waals surface area contributed by atoms with Crippen molar-refractivity contribution in [1.29, 1.82) is 0 Å². The van der Waals surface area contributed by atoms with Crippen molar-refractivity contribution in [3.63, 3.8) is 0 Å². The van der Waals surface area contributed by atoms with Gasteiger partial charge in [-0.25, -0.2) is 4.98 Å². The van der Waals surface area contributed by atoms with Gasteiger partial charge in [-0.15, -0.1) is 0 Å². The maximum atomic E-state index is 12.3. The maximum Gasteiger partial charge on any atom is 0.264 e. The molecule has 1 aromatic rings. The third kappa shape index (κ3) is 3.86. The van der Waals surface area contributed by atoms with E-state index in [1.165, 1.54) is 19.3 Å². The molecular formula is C16H25IN2O2. The summed E-state index contributed by atoms with van der Waals surface area (Å²) >= 11 is 2.09. The van der Waals surface area contributed by atoms with Crippen LogP contribution in [-0.4, -0.2) is 17.1 Å². The van der Waals surface area contributed by atoms with E-state index >= 15 is 0 Å². The van der Waals surface area contributed by atoms with Crippen LogP contribution >= 0.6 is 22.6 Å². The molecular weight excluding hydrogens is 379 g/mol. The molecule has 1 saturated carbocycles. The van der Waals surface area contributed by atoms with Gasteiger partial charge in [-0.3, -0.25) is 4.79 Å². The first-order chi connectivity index (χ1) is 9.84. The molecule has 1 aromatic heterocycles. The molecule has 0 saturated heterocycles. The lowest BCUT2D eigenvalue weighted by Gasteiger charge is -2.29. The Bertz CT molecular complexity index is 542. The molecule has 0 aromatic carbocycles. The zero-order chi connectivity index (χ0) is 15.6. The summed E-state index contributed by atoms with van der Waals surface area (Å²) in [6.07, 6.45) is 5.99. The van der Waals surface area contributed by atoms with Crippen molar-refractivity contribution < 1.29 is 4.74 Å². The Balaban J connectivity index is 2.42. The topological polar surface area (TPSA) is 55.0 Å². The Morgan fingerprint density at radius 2 is 1.90 bits per heavy atom. The van der Waals surface area contributed by atoms with Crippen LogP contribution in [0.15, 0.2) is 4.79 Å². The number of nitrogens with zero attached hydrogens (tertiary/aromatic N) is 1. The predicted octanol–water partition coefficient (Wildman–Crippen LogP) is 3.94. The van der Waals surface area contributed by atoms with Gasteiger partial charge in [0.05, 0.1) is 5.69 Å². The van der Waals surface area contributed by atoms with Crippen LogP contribution in [-0.2, 0) is 10.2 Å². The quantitative estimate of drug-likeness (QED) is 0.777. The second-order valence-electron chi connectivity index (χ2n) is 6.92.